The smallest absolute Gasteiger partial charge is 0.236 e. The number of nitrogens with zero attached hydrogens (tertiary/aromatic N) is 4. The summed E-state index contributed by atoms with van der Waals surface area (Å²) in [5.74, 6) is 0.308. The maximum Gasteiger partial charge on any atom is 0.236 e. The molecule has 0 atom stereocenters. The minimum atomic E-state index is 0.0925. The predicted molar refractivity (Wildman–Crippen MR) is 126 cm³/mol. The Hall–Kier alpha value is -2.12. The van der Waals surface area contributed by atoms with Crippen molar-refractivity contribution < 1.29 is 9.59 Å². The van der Waals surface area contributed by atoms with E-state index in [2.05, 4.69) is 59.0 Å². The Morgan fingerprint density at radius 2 is 1.55 bits per heavy atom. The number of anilines is 1. The van der Waals surface area contributed by atoms with Crippen molar-refractivity contribution in [2.24, 2.45) is 0 Å². The number of hydrogen-bond donors (Lipinski definition) is 1. The van der Waals surface area contributed by atoms with Crippen molar-refractivity contribution in [1.82, 2.24) is 20.0 Å². The molecule has 1 aromatic rings. The van der Waals surface area contributed by atoms with Gasteiger partial charge in [-0.1, -0.05) is 25.5 Å². The summed E-state index contributed by atoms with van der Waals surface area (Å²) in [6.45, 7) is 14.9. The highest BCUT2D eigenvalue weighted by molar-refractivity contribution is 5.79. The molecule has 0 saturated carbocycles. The molecule has 0 aliphatic carbocycles. The van der Waals surface area contributed by atoms with Gasteiger partial charge in [0.15, 0.2) is 0 Å². The zero-order chi connectivity index (χ0) is 22.2. The Labute approximate surface area is 187 Å². The van der Waals surface area contributed by atoms with Crippen LogP contribution >= 0.6 is 0 Å². The van der Waals surface area contributed by atoms with Crippen LogP contribution in [0.1, 0.15) is 30.9 Å². The SMILES string of the molecule is CCCCNC(=O)CN1CCN(C(=O)CN2CCN(c3cccc(C)c3C)CC2)CC1. The Kier molecular flexibility index (Phi) is 8.72. The number of aryl methyl sites for hydroxylation is 1. The second-order valence-corrected chi connectivity index (χ2v) is 8.84. The van der Waals surface area contributed by atoms with Gasteiger partial charge in [-0.25, -0.2) is 0 Å². The lowest BCUT2D eigenvalue weighted by molar-refractivity contribution is -0.134. The number of piperazine rings is 2. The summed E-state index contributed by atoms with van der Waals surface area (Å²) in [7, 11) is 0. The van der Waals surface area contributed by atoms with E-state index in [1.165, 1.54) is 16.8 Å². The van der Waals surface area contributed by atoms with Gasteiger partial charge in [0.05, 0.1) is 13.1 Å². The van der Waals surface area contributed by atoms with Crippen LogP contribution in [0.3, 0.4) is 0 Å². The van der Waals surface area contributed by atoms with Crippen molar-refractivity contribution in [3.8, 4) is 0 Å². The van der Waals surface area contributed by atoms with Gasteiger partial charge in [0.25, 0.3) is 0 Å². The molecular formula is C24H39N5O2. The highest BCUT2D eigenvalue weighted by Crippen LogP contribution is 2.23. The predicted octanol–water partition coefficient (Wildman–Crippen LogP) is 1.49. The van der Waals surface area contributed by atoms with E-state index in [-0.39, 0.29) is 11.8 Å². The lowest BCUT2D eigenvalue weighted by atomic mass is 10.1. The number of carbonyl (C=O) groups excluding carboxylic acids is 2. The molecule has 2 saturated heterocycles. The molecule has 31 heavy (non-hydrogen) atoms. The first-order valence-corrected chi connectivity index (χ1v) is 11.8. The molecule has 0 unspecified atom stereocenters. The Morgan fingerprint density at radius 3 is 2.23 bits per heavy atom. The molecular weight excluding hydrogens is 390 g/mol. The van der Waals surface area contributed by atoms with Crippen LogP contribution in [0.2, 0.25) is 0 Å². The highest BCUT2D eigenvalue weighted by Gasteiger charge is 2.25. The number of hydrogen-bond acceptors (Lipinski definition) is 5. The number of rotatable bonds is 8. The Bertz CT molecular complexity index is 737. The fraction of sp³-hybridized carbons (Fsp3) is 0.667. The summed E-state index contributed by atoms with van der Waals surface area (Å²) in [4.78, 5) is 33.6. The molecule has 7 heteroatoms. The van der Waals surface area contributed by atoms with Crippen molar-refractivity contribution in [3.63, 3.8) is 0 Å². The van der Waals surface area contributed by atoms with Gasteiger partial charge in [-0.3, -0.25) is 19.4 Å². The van der Waals surface area contributed by atoms with Crippen LogP contribution in [-0.2, 0) is 9.59 Å². The molecule has 3 rings (SSSR count). The number of carbonyl (C=O) groups is 2. The first-order valence-electron chi connectivity index (χ1n) is 11.8. The third kappa shape index (κ3) is 6.68. The summed E-state index contributed by atoms with van der Waals surface area (Å²) in [6.07, 6.45) is 2.11. The zero-order valence-corrected chi connectivity index (χ0v) is 19.5. The molecule has 2 fully saturated rings. The van der Waals surface area contributed by atoms with Gasteiger partial charge in [-0.05, 0) is 37.5 Å². The number of nitrogens with one attached hydrogen (secondary N) is 1. The van der Waals surface area contributed by atoms with Crippen molar-refractivity contribution in [2.45, 2.75) is 33.6 Å². The Morgan fingerprint density at radius 1 is 0.903 bits per heavy atom. The van der Waals surface area contributed by atoms with E-state index in [4.69, 9.17) is 0 Å². The zero-order valence-electron chi connectivity index (χ0n) is 19.5. The van der Waals surface area contributed by atoms with E-state index in [1.807, 2.05) is 4.90 Å². The van der Waals surface area contributed by atoms with Gasteiger partial charge in [-0.2, -0.15) is 0 Å². The molecule has 2 aliphatic rings. The van der Waals surface area contributed by atoms with Gasteiger partial charge in [0.2, 0.25) is 11.8 Å². The van der Waals surface area contributed by atoms with Crippen LogP contribution in [0, 0.1) is 13.8 Å². The summed E-state index contributed by atoms with van der Waals surface area (Å²) >= 11 is 0. The molecule has 0 aromatic heterocycles. The lowest BCUT2D eigenvalue weighted by Crippen LogP contribution is -2.54. The average molecular weight is 430 g/mol. The third-order valence-corrected chi connectivity index (χ3v) is 6.59. The third-order valence-electron chi connectivity index (χ3n) is 6.59. The minimum Gasteiger partial charge on any atom is -0.369 e. The van der Waals surface area contributed by atoms with Gasteiger partial charge in [0.1, 0.15) is 0 Å². The molecule has 2 aliphatic heterocycles. The molecule has 0 spiro atoms. The van der Waals surface area contributed by atoms with Crippen molar-refractivity contribution >= 4 is 17.5 Å². The van der Waals surface area contributed by atoms with Gasteiger partial charge in [-0.15, -0.1) is 0 Å². The molecule has 2 heterocycles. The van der Waals surface area contributed by atoms with Crippen LogP contribution in [0.4, 0.5) is 5.69 Å². The van der Waals surface area contributed by atoms with E-state index in [0.29, 0.717) is 26.2 Å². The van der Waals surface area contributed by atoms with E-state index in [1.54, 1.807) is 0 Å². The first kappa shape index (κ1) is 23.5. The molecule has 1 N–H and O–H groups in total. The summed E-state index contributed by atoms with van der Waals surface area (Å²) < 4.78 is 0. The van der Waals surface area contributed by atoms with E-state index in [0.717, 1.165) is 58.7 Å². The highest BCUT2D eigenvalue weighted by atomic mass is 16.2. The molecule has 1 aromatic carbocycles. The number of amides is 2. The Balaban J connectivity index is 1.37. The van der Waals surface area contributed by atoms with Crippen molar-refractivity contribution in [1.29, 1.82) is 0 Å². The maximum atomic E-state index is 12.8. The van der Waals surface area contributed by atoms with Crippen LogP contribution in [0.15, 0.2) is 18.2 Å². The van der Waals surface area contributed by atoms with Gasteiger partial charge in [0, 0.05) is 64.6 Å². The van der Waals surface area contributed by atoms with Crippen molar-refractivity contribution in [2.75, 3.05) is 76.9 Å². The second-order valence-electron chi connectivity index (χ2n) is 8.84. The topological polar surface area (TPSA) is 59.1 Å². The number of unbranched alkanes of at least 4 members (excludes halogenated alkanes) is 1. The van der Waals surface area contributed by atoms with Crippen LogP contribution in [0.25, 0.3) is 0 Å². The molecule has 172 valence electrons. The fourth-order valence-corrected chi connectivity index (χ4v) is 4.34. The van der Waals surface area contributed by atoms with E-state index in [9.17, 15) is 9.59 Å². The summed E-state index contributed by atoms with van der Waals surface area (Å²) in [6, 6.07) is 6.49. The van der Waals surface area contributed by atoms with Crippen LogP contribution < -0.4 is 10.2 Å². The molecule has 0 radical (unpaired) electrons. The lowest BCUT2D eigenvalue weighted by Gasteiger charge is -2.39. The minimum absolute atomic E-state index is 0.0925. The quantitative estimate of drug-likeness (QED) is 0.635. The molecule has 2 amide bonds. The van der Waals surface area contributed by atoms with Crippen LogP contribution in [0.5, 0.6) is 0 Å². The second kappa shape index (κ2) is 11.5. The molecule has 7 nitrogen and oxygen atoms in total. The molecule has 0 bridgehead atoms. The summed E-state index contributed by atoms with van der Waals surface area (Å²) in [5, 5.41) is 2.97. The maximum absolute atomic E-state index is 12.8. The van der Waals surface area contributed by atoms with E-state index >= 15 is 0 Å². The van der Waals surface area contributed by atoms with Crippen LogP contribution in [-0.4, -0.2) is 98.5 Å². The largest absolute Gasteiger partial charge is 0.369 e. The normalized spacial score (nSPS) is 18.3. The summed E-state index contributed by atoms with van der Waals surface area (Å²) in [5.41, 5.74) is 4.00. The van der Waals surface area contributed by atoms with Gasteiger partial charge >= 0.3 is 0 Å². The standard InChI is InChI=1S/C24H39N5O2/c1-4-5-9-25-23(30)18-26-12-16-29(17-13-26)24(31)19-27-10-14-28(15-11-27)22-8-6-7-20(2)21(22)3/h6-8H,4-5,9-19H2,1-3H3,(H,25,30). The van der Waals surface area contributed by atoms with E-state index < -0.39 is 0 Å². The average Bonchev–Trinajstić information content (AvgIpc) is 2.77. The monoisotopic (exact) mass is 429 g/mol. The van der Waals surface area contributed by atoms with Crippen molar-refractivity contribution in [3.05, 3.63) is 29.3 Å². The fourth-order valence-electron chi connectivity index (χ4n) is 4.34. The van der Waals surface area contributed by atoms with Gasteiger partial charge < -0.3 is 15.1 Å². The first-order chi connectivity index (χ1) is 15.0. The number of benzene rings is 1.